The molecule has 0 aliphatic heterocycles. The Morgan fingerprint density at radius 3 is 2.65 bits per heavy atom. The molecule has 2 aromatic rings. The number of amides is 2. The van der Waals surface area contributed by atoms with E-state index in [4.69, 9.17) is 0 Å². The molecule has 1 aromatic carbocycles. The molecular formula is C14H17FN4O. The fraction of sp³-hybridized carbons (Fsp3) is 0.286. The molecule has 2 amide bonds. The molecule has 0 aliphatic carbocycles. The van der Waals surface area contributed by atoms with Crippen LogP contribution in [0.3, 0.4) is 0 Å². The Labute approximate surface area is 116 Å². The van der Waals surface area contributed by atoms with E-state index in [1.54, 1.807) is 23.0 Å². The summed E-state index contributed by atoms with van der Waals surface area (Å²) in [6, 6.07) is 6.98. The van der Waals surface area contributed by atoms with Gasteiger partial charge < -0.3 is 5.32 Å². The van der Waals surface area contributed by atoms with Crippen molar-refractivity contribution in [3.8, 4) is 0 Å². The molecule has 0 spiro atoms. The lowest BCUT2D eigenvalue weighted by Gasteiger charge is -2.22. The summed E-state index contributed by atoms with van der Waals surface area (Å²) in [7, 11) is 0. The third-order valence-electron chi connectivity index (χ3n) is 2.60. The van der Waals surface area contributed by atoms with Crippen LogP contribution in [0.1, 0.15) is 20.8 Å². The van der Waals surface area contributed by atoms with Crippen LogP contribution in [0, 0.1) is 5.82 Å². The van der Waals surface area contributed by atoms with Crippen LogP contribution in [-0.4, -0.2) is 15.8 Å². The predicted octanol–water partition coefficient (Wildman–Crippen LogP) is 3.42. The number of urea groups is 1. The Morgan fingerprint density at radius 1 is 1.25 bits per heavy atom. The molecule has 6 heteroatoms. The van der Waals surface area contributed by atoms with Crippen molar-refractivity contribution in [3.05, 3.63) is 42.3 Å². The number of aromatic nitrogens is 2. The van der Waals surface area contributed by atoms with Crippen LogP contribution in [-0.2, 0) is 5.54 Å². The Kier molecular flexibility index (Phi) is 3.74. The van der Waals surface area contributed by atoms with E-state index in [-0.39, 0.29) is 5.54 Å². The molecule has 0 saturated heterocycles. The highest BCUT2D eigenvalue weighted by atomic mass is 19.1. The van der Waals surface area contributed by atoms with Crippen LogP contribution in [0.4, 0.5) is 20.7 Å². The fourth-order valence-electron chi connectivity index (χ4n) is 1.78. The summed E-state index contributed by atoms with van der Waals surface area (Å²) in [6.45, 7) is 5.95. The van der Waals surface area contributed by atoms with Gasteiger partial charge in [0.15, 0.2) is 0 Å². The molecule has 106 valence electrons. The average molecular weight is 276 g/mol. The van der Waals surface area contributed by atoms with E-state index in [1.807, 2.05) is 20.8 Å². The molecule has 0 bridgehead atoms. The van der Waals surface area contributed by atoms with Gasteiger partial charge in [0.25, 0.3) is 0 Å². The van der Waals surface area contributed by atoms with Gasteiger partial charge in [0.05, 0.1) is 11.7 Å². The second-order valence-electron chi connectivity index (χ2n) is 5.39. The SMILES string of the molecule is CC(C)(C)n1nccc1NC(=O)Nc1cccc(F)c1. The highest BCUT2D eigenvalue weighted by Crippen LogP contribution is 2.19. The first-order valence-corrected chi connectivity index (χ1v) is 6.24. The maximum Gasteiger partial charge on any atom is 0.324 e. The number of nitrogens with zero attached hydrogens (tertiary/aromatic N) is 2. The number of nitrogens with one attached hydrogen (secondary N) is 2. The number of carbonyl (C=O) groups is 1. The molecule has 0 aliphatic rings. The minimum absolute atomic E-state index is 0.245. The van der Waals surface area contributed by atoms with E-state index < -0.39 is 11.8 Å². The molecule has 1 aromatic heterocycles. The lowest BCUT2D eigenvalue weighted by Crippen LogP contribution is -2.28. The van der Waals surface area contributed by atoms with Gasteiger partial charge in [0.2, 0.25) is 0 Å². The van der Waals surface area contributed by atoms with Gasteiger partial charge in [-0.05, 0) is 39.0 Å². The minimum atomic E-state index is -0.443. The van der Waals surface area contributed by atoms with E-state index in [1.165, 1.54) is 18.2 Å². The monoisotopic (exact) mass is 276 g/mol. The Balaban J connectivity index is 2.08. The zero-order chi connectivity index (χ0) is 14.8. The molecule has 0 atom stereocenters. The molecule has 2 rings (SSSR count). The fourth-order valence-corrected chi connectivity index (χ4v) is 1.78. The Bertz CT molecular complexity index is 616. The highest BCUT2D eigenvalue weighted by molar-refractivity contribution is 5.99. The Hall–Kier alpha value is -2.37. The van der Waals surface area contributed by atoms with Crippen molar-refractivity contribution < 1.29 is 9.18 Å². The van der Waals surface area contributed by atoms with Crippen molar-refractivity contribution in [2.45, 2.75) is 26.3 Å². The Morgan fingerprint density at radius 2 is 2.00 bits per heavy atom. The lowest BCUT2D eigenvalue weighted by molar-refractivity contribution is 0.261. The predicted molar refractivity (Wildman–Crippen MR) is 76.3 cm³/mol. The van der Waals surface area contributed by atoms with Gasteiger partial charge >= 0.3 is 6.03 Å². The topological polar surface area (TPSA) is 59.0 Å². The standard InChI is InChI=1S/C14H17FN4O/c1-14(2,3)19-12(7-8-16-19)18-13(20)17-11-6-4-5-10(15)9-11/h4-9H,1-3H3,(H2,17,18,20). The van der Waals surface area contributed by atoms with Crippen molar-refractivity contribution >= 4 is 17.5 Å². The molecule has 2 N–H and O–H groups in total. The summed E-state index contributed by atoms with van der Waals surface area (Å²) in [5.74, 6) is 0.175. The molecule has 0 unspecified atom stereocenters. The largest absolute Gasteiger partial charge is 0.324 e. The van der Waals surface area contributed by atoms with Crippen molar-refractivity contribution in [1.29, 1.82) is 0 Å². The number of benzene rings is 1. The molecule has 20 heavy (non-hydrogen) atoms. The van der Waals surface area contributed by atoms with E-state index in [9.17, 15) is 9.18 Å². The van der Waals surface area contributed by atoms with Crippen molar-refractivity contribution in [1.82, 2.24) is 9.78 Å². The first kappa shape index (κ1) is 14.0. The number of carbonyl (C=O) groups excluding carboxylic acids is 1. The van der Waals surface area contributed by atoms with Gasteiger partial charge in [0, 0.05) is 11.8 Å². The third kappa shape index (κ3) is 3.34. The summed E-state index contributed by atoms with van der Waals surface area (Å²) in [5.41, 5.74) is 0.148. The minimum Gasteiger partial charge on any atom is -0.308 e. The van der Waals surface area contributed by atoms with Crippen molar-refractivity contribution in [3.63, 3.8) is 0 Å². The van der Waals surface area contributed by atoms with Gasteiger partial charge in [0.1, 0.15) is 11.6 Å². The second-order valence-corrected chi connectivity index (χ2v) is 5.39. The number of halogens is 1. The van der Waals surface area contributed by atoms with Gasteiger partial charge in [-0.15, -0.1) is 0 Å². The van der Waals surface area contributed by atoms with Gasteiger partial charge in [-0.2, -0.15) is 5.10 Å². The number of rotatable bonds is 2. The summed E-state index contributed by atoms with van der Waals surface area (Å²) >= 11 is 0. The summed E-state index contributed by atoms with van der Waals surface area (Å²) < 4.78 is 14.7. The van der Waals surface area contributed by atoms with Crippen LogP contribution >= 0.6 is 0 Å². The summed E-state index contributed by atoms with van der Waals surface area (Å²) in [6.07, 6.45) is 1.61. The average Bonchev–Trinajstić information content (AvgIpc) is 2.76. The zero-order valence-electron chi connectivity index (χ0n) is 11.6. The first-order valence-electron chi connectivity index (χ1n) is 6.24. The molecule has 0 fully saturated rings. The van der Waals surface area contributed by atoms with Gasteiger partial charge in [-0.3, -0.25) is 5.32 Å². The number of hydrogen-bond acceptors (Lipinski definition) is 2. The first-order chi connectivity index (χ1) is 9.36. The summed E-state index contributed by atoms with van der Waals surface area (Å²) in [5, 5.41) is 9.44. The summed E-state index contributed by atoms with van der Waals surface area (Å²) in [4.78, 5) is 11.9. The maximum absolute atomic E-state index is 13.0. The quantitative estimate of drug-likeness (QED) is 0.883. The van der Waals surface area contributed by atoms with Crippen molar-refractivity contribution in [2.24, 2.45) is 0 Å². The van der Waals surface area contributed by atoms with Gasteiger partial charge in [-0.1, -0.05) is 6.07 Å². The van der Waals surface area contributed by atoms with Crippen molar-refractivity contribution in [2.75, 3.05) is 10.6 Å². The van der Waals surface area contributed by atoms with E-state index in [0.717, 1.165) is 0 Å². The third-order valence-corrected chi connectivity index (χ3v) is 2.60. The van der Waals surface area contributed by atoms with E-state index in [0.29, 0.717) is 11.5 Å². The van der Waals surface area contributed by atoms with E-state index in [2.05, 4.69) is 15.7 Å². The molecule has 0 radical (unpaired) electrons. The maximum atomic E-state index is 13.0. The van der Waals surface area contributed by atoms with Gasteiger partial charge in [-0.25, -0.2) is 13.9 Å². The van der Waals surface area contributed by atoms with E-state index >= 15 is 0 Å². The van der Waals surface area contributed by atoms with Crippen LogP contribution in [0.25, 0.3) is 0 Å². The van der Waals surface area contributed by atoms with Crippen LogP contribution in [0.5, 0.6) is 0 Å². The smallest absolute Gasteiger partial charge is 0.308 e. The lowest BCUT2D eigenvalue weighted by atomic mass is 10.1. The number of anilines is 2. The normalized spacial score (nSPS) is 11.2. The zero-order valence-corrected chi connectivity index (χ0v) is 11.6. The molecular weight excluding hydrogens is 259 g/mol. The van der Waals surface area contributed by atoms with Crippen LogP contribution in [0.2, 0.25) is 0 Å². The molecule has 0 saturated carbocycles. The second kappa shape index (κ2) is 5.32. The molecule has 5 nitrogen and oxygen atoms in total. The highest BCUT2D eigenvalue weighted by Gasteiger charge is 2.18. The van der Waals surface area contributed by atoms with Crippen LogP contribution in [0.15, 0.2) is 36.5 Å². The molecule has 1 heterocycles. The van der Waals surface area contributed by atoms with Crippen LogP contribution < -0.4 is 10.6 Å². The number of hydrogen-bond donors (Lipinski definition) is 2.